The average molecular weight is 291 g/mol. The zero-order valence-electron chi connectivity index (χ0n) is 12.7. The highest BCUT2D eigenvalue weighted by atomic mass is 32.2. The Labute approximate surface area is 118 Å². The van der Waals surface area contributed by atoms with Crippen molar-refractivity contribution in [3.8, 4) is 0 Å². The van der Waals surface area contributed by atoms with Crippen molar-refractivity contribution in [2.75, 3.05) is 26.0 Å². The predicted octanol–water partition coefficient (Wildman–Crippen LogP) is 1.99. The Bertz CT molecular complexity index is 365. The molecule has 0 amide bonds. The largest absolute Gasteiger partial charge is 0.385 e. The van der Waals surface area contributed by atoms with Crippen molar-refractivity contribution in [1.82, 2.24) is 5.32 Å². The molecule has 114 valence electrons. The number of sulfone groups is 1. The van der Waals surface area contributed by atoms with Crippen molar-refractivity contribution in [3.63, 3.8) is 0 Å². The number of nitrogens with one attached hydrogen (secondary N) is 1. The second-order valence-corrected chi connectivity index (χ2v) is 8.66. The maximum Gasteiger partial charge on any atom is 0.154 e. The molecular weight excluding hydrogens is 262 g/mol. The second-order valence-electron chi connectivity index (χ2n) is 6.32. The van der Waals surface area contributed by atoms with Gasteiger partial charge in [-0.15, -0.1) is 0 Å². The molecule has 0 aromatic carbocycles. The van der Waals surface area contributed by atoms with Crippen LogP contribution in [0.4, 0.5) is 0 Å². The first-order chi connectivity index (χ1) is 8.82. The third-order valence-electron chi connectivity index (χ3n) is 4.04. The molecule has 0 spiro atoms. The summed E-state index contributed by atoms with van der Waals surface area (Å²) in [5.74, 6) is 0.240. The van der Waals surface area contributed by atoms with Gasteiger partial charge in [-0.3, -0.25) is 0 Å². The number of rotatable bonds is 7. The summed E-state index contributed by atoms with van der Waals surface area (Å²) in [6.07, 6.45) is 3.40. The molecule has 1 aliphatic rings. The van der Waals surface area contributed by atoms with Crippen molar-refractivity contribution < 1.29 is 13.2 Å². The Hall–Kier alpha value is -0.130. The standard InChI is InChI=1S/C14H29NO3S/c1-5-15-12-7-8-14(2,3)11-13(12)19(16,17)10-6-9-18-4/h12-13,15H,5-11H2,1-4H3. The minimum Gasteiger partial charge on any atom is -0.385 e. The lowest BCUT2D eigenvalue weighted by Crippen LogP contribution is -2.50. The van der Waals surface area contributed by atoms with Gasteiger partial charge in [0, 0.05) is 19.8 Å². The van der Waals surface area contributed by atoms with Crippen LogP contribution in [0.25, 0.3) is 0 Å². The number of ether oxygens (including phenoxy) is 1. The van der Waals surface area contributed by atoms with E-state index in [1.807, 2.05) is 6.92 Å². The van der Waals surface area contributed by atoms with Crippen LogP contribution in [0.5, 0.6) is 0 Å². The van der Waals surface area contributed by atoms with E-state index in [1.165, 1.54) is 0 Å². The first-order valence-electron chi connectivity index (χ1n) is 7.26. The highest BCUT2D eigenvalue weighted by Gasteiger charge is 2.41. The summed E-state index contributed by atoms with van der Waals surface area (Å²) in [6.45, 7) is 7.73. The summed E-state index contributed by atoms with van der Waals surface area (Å²) in [5.41, 5.74) is 0.130. The predicted molar refractivity (Wildman–Crippen MR) is 79.2 cm³/mol. The summed E-state index contributed by atoms with van der Waals surface area (Å²) < 4.78 is 30.0. The van der Waals surface area contributed by atoms with Gasteiger partial charge in [-0.2, -0.15) is 0 Å². The molecule has 0 heterocycles. The monoisotopic (exact) mass is 291 g/mol. The first kappa shape index (κ1) is 16.9. The number of methoxy groups -OCH3 is 1. The zero-order valence-corrected chi connectivity index (χ0v) is 13.6. The summed E-state index contributed by atoms with van der Waals surface area (Å²) in [7, 11) is -1.43. The van der Waals surface area contributed by atoms with E-state index in [0.717, 1.165) is 25.8 Å². The van der Waals surface area contributed by atoms with Gasteiger partial charge in [0.05, 0.1) is 11.0 Å². The third-order valence-corrected chi connectivity index (χ3v) is 6.32. The van der Waals surface area contributed by atoms with Crippen LogP contribution in [0.2, 0.25) is 0 Å². The van der Waals surface area contributed by atoms with E-state index in [9.17, 15) is 8.42 Å². The lowest BCUT2D eigenvalue weighted by Gasteiger charge is -2.40. The Kier molecular flexibility index (Phi) is 6.27. The van der Waals surface area contributed by atoms with Crippen molar-refractivity contribution in [2.45, 2.75) is 57.7 Å². The summed E-state index contributed by atoms with van der Waals surface area (Å²) >= 11 is 0. The smallest absolute Gasteiger partial charge is 0.154 e. The molecule has 0 bridgehead atoms. The molecule has 0 aromatic heterocycles. The quantitative estimate of drug-likeness (QED) is 0.729. The maximum atomic E-state index is 12.5. The van der Waals surface area contributed by atoms with E-state index in [-0.39, 0.29) is 22.5 Å². The minimum absolute atomic E-state index is 0.116. The molecule has 1 N–H and O–H groups in total. The van der Waals surface area contributed by atoms with Crippen LogP contribution in [0.3, 0.4) is 0 Å². The summed E-state index contributed by atoms with van der Waals surface area (Å²) in [6, 6.07) is 0.116. The molecule has 5 heteroatoms. The Morgan fingerprint density at radius 2 is 2.05 bits per heavy atom. The van der Waals surface area contributed by atoms with Crippen LogP contribution in [0.15, 0.2) is 0 Å². The fourth-order valence-corrected chi connectivity index (χ4v) is 5.21. The summed E-state index contributed by atoms with van der Waals surface area (Å²) in [4.78, 5) is 0. The molecule has 1 aliphatic carbocycles. The molecule has 0 saturated heterocycles. The van der Waals surface area contributed by atoms with E-state index >= 15 is 0 Å². The van der Waals surface area contributed by atoms with Crippen molar-refractivity contribution in [1.29, 1.82) is 0 Å². The van der Waals surface area contributed by atoms with Gasteiger partial charge in [0.25, 0.3) is 0 Å². The molecule has 19 heavy (non-hydrogen) atoms. The van der Waals surface area contributed by atoms with Gasteiger partial charge >= 0.3 is 0 Å². The molecule has 0 aromatic rings. The molecule has 2 unspecified atom stereocenters. The topological polar surface area (TPSA) is 55.4 Å². The van der Waals surface area contributed by atoms with Crippen LogP contribution < -0.4 is 5.32 Å². The second kappa shape index (κ2) is 7.04. The van der Waals surface area contributed by atoms with Gasteiger partial charge < -0.3 is 10.1 Å². The summed E-state index contributed by atoms with van der Waals surface area (Å²) in [5, 5.41) is 3.12. The van der Waals surface area contributed by atoms with E-state index in [4.69, 9.17) is 4.74 Å². The van der Waals surface area contributed by atoms with Crippen LogP contribution >= 0.6 is 0 Å². The van der Waals surface area contributed by atoms with E-state index < -0.39 is 9.84 Å². The van der Waals surface area contributed by atoms with Gasteiger partial charge in [0.2, 0.25) is 0 Å². The van der Waals surface area contributed by atoms with Crippen LogP contribution in [0, 0.1) is 5.41 Å². The van der Waals surface area contributed by atoms with Crippen molar-refractivity contribution in [2.24, 2.45) is 5.41 Å². The molecule has 1 fully saturated rings. The SMILES string of the molecule is CCNC1CCC(C)(C)CC1S(=O)(=O)CCCOC. The minimum atomic E-state index is -3.04. The molecule has 0 radical (unpaired) electrons. The molecule has 1 rings (SSSR count). The fourth-order valence-electron chi connectivity index (χ4n) is 2.95. The van der Waals surface area contributed by atoms with Crippen LogP contribution in [0.1, 0.15) is 46.5 Å². The highest BCUT2D eigenvalue weighted by Crippen LogP contribution is 2.38. The Morgan fingerprint density at radius 3 is 2.63 bits per heavy atom. The number of hydrogen-bond donors (Lipinski definition) is 1. The molecule has 0 aliphatic heterocycles. The van der Waals surface area contributed by atoms with Crippen LogP contribution in [-0.4, -0.2) is 45.7 Å². The first-order valence-corrected chi connectivity index (χ1v) is 8.98. The van der Waals surface area contributed by atoms with Crippen molar-refractivity contribution in [3.05, 3.63) is 0 Å². The molecule has 4 nitrogen and oxygen atoms in total. The number of hydrogen-bond acceptors (Lipinski definition) is 4. The molecule has 2 atom stereocenters. The van der Waals surface area contributed by atoms with E-state index in [1.54, 1.807) is 7.11 Å². The van der Waals surface area contributed by atoms with Gasteiger partial charge in [-0.1, -0.05) is 20.8 Å². The third kappa shape index (κ3) is 5.04. The molecule has 1 saturated carbocycles. The lowest BCUT2D eigenvalue weighted by atomic mass is 9.75. The maximum absolute atomic E-state index is 12.5. The highest BCUT2D eigenvalue weighted by molar-refractivity contribution is 7.92. The van der Waals surface area contributed by atoms with E-state index in [2.05, 4.69) is 19.2 Å². The Morgan fingerprint density at radius 1 is 1.37 bits per heavy atom. The van der Waals surface area contributed by atoms with Gasteiger partial charge in [-0.05, 0) is 37.6 Å². The van der Waals surface area contributed by atoms with Gasteiger partial charge in [0.15, 0.2) is 9.84 Å². The van der Waals surface area contributed by atoms with Crippen molar-refractivity contribution >= 4 is 9.84 Å². The van der Waals surface area contributed by atoms with Crippen LogP contribution in [-0.2, 0) is 14.6 Å². The molecular formula is C14H29NO3S. The van der Waals surface area contributed by atoms with E-state index in [0.29, 0.717) is 13.0 Å². The average Bonchev–Trinajstić information content (AvgIpc) is 2.31. The normalized spacial score (nSPS) is 27.4. The lowest BCUT2D eigenvalue weighted by molar-refractivity contribution is 0.197. The van der Waals surface area contributed by atoms with Gasteiger partial charge in [-0.25, -0.2) is 8.42 Å². The Balaban J connectivity index is 2.77. The van der Waals surface area contributed by atoms with Gasteiger partial charge in [0.1, 0.15) is 0 Å². The zero-order chi connectivity index (χ0) is 14.5. The fraction of sp³-hybridized carbons (Fsp3) is 1.00.